The number of thiol groups is 1. The molecule has 0 atom stereocenters. The highest BCUT2D eigenvalue weighted by molar-refractivity contribution is 7.90. The lowest BCUT2D eigenvalue weighted by Crippen LogP contribution is -2.24. The van der Waals surface area contributed by atoms with Crippen molar-refractivity contribution in [2.24, 2.45) is 10.7 Å². The van der Waals surface area contributed by atoms with Crippen molar-refractivity contribution in [1.29, 1.82) is 0 Å². The van der Waals surface area contributed by atoms with Crippen molar-refractivity contribution >= 4 is 34.6 Å². The van der Waals surface area contributed by atoms with E-state index in [1.165, 1.54) is 0 Å². The molecule has 3 N–H and O–H groups in total. The number of hydrogen-bond donors (Lipinski definition) is 3. The molecule has 1 aromatic heterocycles. The maximum absolute atomic E-state index is 5.45. The third-order valence-corrected chi connectivity index (χ3v) is 3.79. The van der Waals surface area contributed by atoms with Crippen LogP contribution in [0.4, 0.5) is 0 Å². The van der Waals surface area contributed by atoms with Gasteiger partial charge in [0.2, 0.25) is 0 Å². The number of pyridine rings is 1. The summed E-state index contributed by atoms with van der Waals surface area (Å²) in [5.74, 6) is 0. The molecule has 23 heavy (non-hydrogen) atoms. The first-order chi connectivity index (χ1) is 11.1. The number of hydrogen-bond acceptors (Lipinski definition) is 5. The second-order valence-corrected chi connectivity index (χ2v) is 5.92. The first-order valence-corrected chi connectivity index (χ1v) is 7.92. The molecule has 0 unspecified atom stereocenters. The number of aromatic nitrogens is 1. The second kappa shape index (κ2) is 8.67. The Morgan fingerprint density at radius 3 is 2.91 bits per heavy atom. The Kier molecular flexibility index (Phi) is 6.58. The maximum atomic E-state index is 5.45. The van der Waals surface area contributed by atoms with Crippen LogP contribution in [0.15, 0.2) is 47.3 Å². The molecule has 5 nitrogen and oxygen atoms in total. The molecule has 0 bridgehead atoms. The van der Waals surface area contributed by atoms with E-state index in [0.29, 0.717) is 13.1 Å². The fourth-order valence-electron chi connectivity index (χ4n) is 2.17. The van der Waals surface area contributed by atoms with Crippen molar-refractivity contribution in [3.63, 3.8) is 0 Å². The van der Waals surface area contributed by atoms with Gasteiger partial charge in [0.15, 0.2) is 0 Å². The van der Waals surface area contributed by atoms with Crippen LogP contribution in [-0.2, 0) is 0 Å². The summed E-state index contributed by atoms with van der Waals surface area (Å²) in [6, 6.07) is 8.24. The Bertz CT molecular complexity index is 709. The average Bonchev–Trinajstić information content (AvgIpc) is 2.56. The van der Waals surface area contributed by atoms with Gasteiger partial charge in [0.1, 0.15) is 0 Å². The van der Waals surface area contributed by atoms with Gasteiger partial charge in [0, 0.05) is 41.5 Å². The molecular weight excluding hydrogens is 306 g/mol. The minimum atomic E-state index is 0.539. The van der Waals surface area contributed by atoms with Crippen molar-refractivity contribution in [3.8, 4) is 0 Å². The highest BCUT2D eigenvalue weighted by Gasteiger charge is 2.07. The molecule has 0 aliphatic heterocycles. The van der Waals surface area contributed by atoms with Crippen LogP contribution >= 0.6 is 12.6 Å². The van der Waals surface area contributed by atoms with E-state index in [2.05, 4.69) is 38.4 Å². The summed E-state index contributed by atoms with van der Waals surface area (Å²) >= 11 is 4.73. The molecule has 0 saturated carbocycles. The van der Waals surface area contributed by atoms with Crippen LogP contribution in [0.1, 0.15) is 5.56 Å². The van der Waals surface area contributed by atoms with Gasteiger partial charge in [-0.2, -0.15) is 0 Å². The van der Waals surface area contributed by atoms with Gasteiger partial charge in [0.25, 0.3) is 0 Å². The summed E-state index contributed by atoms with van der Waals surface area (Å²) < 4.78 is 0. The lowest BCUT2D eigenvalue weighted by molar-refractivity contribution is 0.441. The van der Waals surface area contributed by atoms with Crippen LogP contribution in [0.5, 0.6) is 0 Å². The van der Waals surface area contributed by atoms with Gasteiger partial charge in [-0.3, -0.25) is 9.98 Å². The molecule has 0 fully saturated rings. The molecule has 6 heteroatoms. The van der Waals surface area contributed by atoms with Crippen molar-refractivity contribution in [1.82, 2.24) is 15.2 Å². The van der Waals surface area contributed by atoms with E-state index in [-0.39, 0.29) is 0 Å². The summed E-state index contributed by atoms with van der Waals surface area (Å²) in [5.41, 5.74) is 7.50. The van der Waals surface area contributed by atoms with E-state index in [1.54, 1.807) is 12.5 Å². The lowest BCUT2D eigenvalue weighted by Gasteiger charge is -2.16. The zero-order valence-corrected chi connectivity index (χ0v) is 14.4. The highest BCUT2D eigenvalue weighted by Crippen LogP contribution is 2.25. The Hall–Kier alpha value is -1.89. The van der Waals surface area contributed by atoms with E-state index in [4.69, 9.17) is 18.4 Å². The molecule has 1 heterocycles. The molecule has 0 aliphatic rings. The van der Waals surface area contributed by atoms with E-state index in [0.717, 1.165) is 33.5 Å². The predicted octanol–water partition coefficient (Wildman–Crippen LogP) is 1.97. The monoisotopic (exact) mass is 329 g/mol. The first-order valence-electron chi connectivity index (χ1n) is 7.47. The Morgan fingerprint density at radius 2 is 2.17 bits per heavy atom. The quantitative estimate of drug-likeness (QED) is 0.413. The fourth-order valence-corrected chi connectivity index (χ4v) is 2.45. The number of aliphatic imine (C=N–C) groups is 1. The van der Waals surface area contributed by atoms with E-state index in [9.17, 15) is 0 Å². The van der Waals surface area contributed by atoms with Crippen LogP contribution in [0.25, 0.3) is 15.7 Å². The summed E-state index contributed by atoms with van der Waals surface area (Å²) in [4.78, 5) is 11.3. The van der Waals surface area contributed by atoms with Crippen LogP contribution in [0.2, 0.25) is 0 Å². The van der Waals surface area contributed by atoms with E-state index >= 15 is 0 Å². The summed E-state index contributed by atoms with van der Waals surface area (Å²) in [7, 11) is 4.04. The first kappa shape index (κ1) is 17.5. The van der Waals surface area contributed by atoms with Gasteiger partial charge >= 0.3 is 0 Å². The molecule has 0 amide bonds. The topological polar surface area (TPSA) is 66.5 Å². The van der Waals surface area contributed by atoms with Crippen LogP contribution in [-0.4, -0.2) is 50.0 Å². The number of nitrogens with two attached hydrogens (primary N) is 1. The van der Waals surface area contributed by atoms with Crippen molar-refractivity contribution in [2.45, 2.75) is 0 Å². The van der Waals surface area contributed by atoms with Crippen molar-refractivity contribution < 1.29 is 0 Å². The summed E-state index contributed by atoms with van der Waals surface area (Å²) in [5, 5.41) is 5.49. The van der Waals surface area contributed by atoms with Gasteiger partial charge in [-0.1, -0.05) is 12.1 Å². The fraction of sp³-hybridized carbons (Fsp3) is 0.294. The minimum absolute atomic E-state index is 0.539. The standard InChI is InChI=1S/C17H23N5S/c1-22(2)11-16(21-12-20-8-6-18)17(23)14-3-4-15-10-19-7-5-13(15)9-14/h3-5,7,9-10,12,23H,6,8,11,18H2,1-2H3,(H,20,21)/b17-16-. The van der Waals surface area contributed by atoms with Gasteiger partial charge in [-0.15, -0.1) is 12.6 Å². The number of benzene rings is 1. The number of nitrogens with one attached hydrogen (secondary N) is 1. The zero-order chi connectivity index (χ0) is 16.7. The third-order valence-electron chi connectivity index (χ3n) is 3.26. The Morgan fingerprint density at radius 1 is 1.35 bits per heavy atom. The second-order valence-electron chi connectivity index (χ2n) is 5.47. The lowest BCUT2D eigenvalue weighted by atomic mass is 10.1. The molecule has 0 radical (unpaired) electrons. The smallest absolute Gasteiger partial charge is 0.0866 e. The van der Waals surface area contributed by atoms with E-state index in [1.807, 2.05) is 26.4 Å². The zero-order valence-electron chi connectivity index (χ0n) is 13.5. The Labute approximate surface area is 142 Å². The molecule has 122 valence electrons. The van der Waals surface area contributed by atoms with E-state index < -0.39 is 0 Å². The van der Waals surface area contributed by atoms with Gasteiger partial charge in [-0.25, -0.2) is 0 Å². The van der Waals surface area contributed by atoms with Crippen LogP contribution < -0.4 is 11.1 Å². The van der Waals surface area contributed by atoms with Crippen molar-refractivity contribution in [3.05, 3.63) is 47.9 Å². The molecule has 0 saturated heterocycles. The summed E-state index contributed by atoms with van der Waals surface area (Å²) in [6.45, 7) is 1.88. The molecule has 2 rings (SSSR count). The number of rotatable bonds is 7. The van der Waals surface area contributed by atoms with Crippen molar-refractivity contribution in [2.75, 3.05) is 33.7 Å². The van der Waals surface area contributed by atoms with Gasteiger partial charge in [0.05, 0.1) is 12.9 Å². The molecule has 1 aromatic carbocycles. The normalized spacial score (nSPS) is 12.9. The number of fused-ring (bicyclic) bond motifs is 1. The van der Waals surface area contributed by atoms with Crippen LogP contribution in [0.3, 0.4) is 0 Å². The summed E-state index contributed by atoms with van der Waals surface area (Å²) in [6.07, 6.45) is 5.35. The molecule has 2 aromatic rings. The number of likely N-dealkylation sites (N-methyl/N-ethyl adjacent to an activating group) is 1. The minimum Gasteiger partial charge on any atom is -0.348 e. The largest absolute Gasteiger partial charge is 0.348 e. The Balaban J connectivity index is 2.33. The highest BCUT2D eigenvalue weighted by atomic mass is 32.1. The van der Waals surface area contributed by atoms with Crippen LogP contribution in [0, 0.1) is 0 Å². The number of nitrogens with zero attached hydrogens (tertiary/aromatic N) is 3. The molecular formula is C17H23N5S. The SMILES string of the molecule is CN(C)C/C(NC=NCCN)=C(/S)c1ccc2cnccc2c1. The third kappa shape index (κ3) is 5.06. The molecule has 0 spiro atoms. The van der Waals surface area contributed by atoms with Gasteiger partial charge < -0.3 is 16.0 Å². The van der Waals surface area contributed by atoms with Gasteiger partial charge in [-0.05, 0) is 37.2 Å². The average molecular weight is 329 g/mol. The molecule has 0 aliphatic carbocycles. The predicted molar refractivity (Wildman–Crippen MR) is 102 cm³/mol. The maximum Gasteiger partial charge on any atom is 0.0866 e.